The minimum absolute atomic E-state index is 0.617. The number of alkyl halides is 3. The molecule has 0 aromatic rings. The number of carbonyl (C=O) groups excluding carboxylic acids is 7. The third kappa shape index (κ3) is 13.0. The molecule has 0 aliphatic carbocycles. The van der Waals surface area contributed by atoms with E-state index in [9.17, 15) is 33.6 Å². The fourth-order valence-corrected chi connectivity index (χ4v) is 4.88. The Morgan fingerprint density at radius 2 is 0.840 bits per heavy atom. The van der Waals surface area contributed by atoms with Crippen LogP contribution in [0.25, 0.3) is 0 Å². The van der Waals surface area contributed by atoms with Crippen LogP contribution in [-0.2, 0) is 85.7 Å². The minimum atomic E-state index is -2.45. The summed E-state index contributed by atoms with van der Waals surface area (Å²) in [5.74, 6) is -7.37. The van der Waals surface area contributed by atoms with Gasteiger partial charge in [-0.3, -0.25) is 39.0 Å². The quantitative estimate of drug-likeness (QED) is 0.0953. The summed E-state index contributed by atoms with van der Waals surface area (Å²) in [7, 11) is 0. The Kier molecular flexibility index (Phi) is 15.9. The summed E-state index contributed by atoms with van der Waals surface area (Å²) in [4.78, 5) is 84.9. The number of hydrogen-bond acceptors (Lipinski definition) is 19. The van der Waals surface area contributed by atoms with Crippen LogP contribution in [0, 0.1) is 5.41 Å². The molecule has 2 fully saturated rings. The van der Waals surface area contributed by atoms with Crippen molar-refractivity contribution in [1.82, 2.24) is 0 Å². The number of halogens is 3. The molecule has 50 heavy (non-hydrogen) atoms. The van der Waals surface area contributed by atoms with Gasteiger partial charge in [0, 0.05) is 48.5 Å². The Bertz CT molecular complexity index is 1310. The van der Waals surface area contributed by atoms with E-state index < -0.39 is 126 Å². The average Bonchev–Trinajstić information content (AvgIpc) is 2.95. The smallest absolute Gasteiger partial charge is 0.303 e. The molecule has 0 radical (unpaired) electrons. The molecule has 10 atom stereocenters. The zero-order valence-corrected chi connectivity index (χ0v) is 29.9. The monoisotopic (exact) mass is 779 g/mol. The van der Waals surface area contributed by atoms with E-state index in [1.165, 1.54) is 0 Å². The average molecular weight is 781 g/mol. The normalized spacial score (nSPS) is 29.3. The van der Waals surface area contributed by atoms with Crippen LogP contribution in [0.15, 0.2) is 0 Å². The summed E-state index contributed by atoms with van der Waals surface area (Å²) in [5.41, 5.74) is 0. The fourth-order valence-electron chi connectivity index (χ4n) is 4.75. The number of esters is 7. The first-order valence-corrected chi connectivity index (χ1v) is 15.7. The van der Waals surface area contributed by atoms with Crippen molar-refractivity contribution in [2.24, 2.45) is 0 Å². The molecule has 5 unspecified atom stereocenters. The molecule has 0 amide bonds. The molecule has 0 saturated carbocycles. The first-order chi connectivity index (χ1) is 23.1. The van der Waals surface area contributed by atoms with Crippen LogP contribution >= 0.6 is 34.8 Å². The zero-order valence-electron chi connectivity index (χ0n) is 27.7. The summed E-state index contributed by atoms with van der Waals surface area (Å²) in [6.07, 6.45) is -17.0. The van der Waals surface area contributed by atoms with Gasteiger partial charge in [0.25, 0.3) is 3.79 Å². The lowest BCUT2D eigenvalue weighted by molar-refractivity contribution is -0.355. The van der Waals surface area contributed by atoms with Crippen LogP contribution in [0.3, 0.4) is 0 Å². The zero-order chi connectivity index (χ0) is 38.1. The second-order valence-corrected chi connectivity index (χ2v) is 12.9. The second-order valence-electron chi connectivity index (χ2n) is 10.6. The van der Waals surface area contributed by atoms with Crippen LogP contribution in [0.1, 0.15) is 48.5 Å². The third-order valence-electron chi connectivity index (χ3n) is 6.38. The first kappa shape index (κ1) is 42.7. The maximum atomic E-state index is 12.4. The van der Waals surface area contributed by atoms with Crippen LogP contribution in [0.4, 0.5) is 0 Å². The van der Waals surface area contributed by atoms with E-state index in [0.717, 1.165) is 48.5 Å². The van der Waals surface area contributed by atoms with Crippen molar-refractivity contribution in [3.63, 3.8) is 0 Å². The molecule has 2 aliphatic heterocycles. The molecule has 0 spiro atoms. The lowest BCUT2D eigenvalue weighted by atomic mass is 9.96. The predicted molar refractivity (Wildman–Crippen MR) is 162 cm³/mol. The van der Waals surface area contributed by atoms with E-state index in [0.29, 0.717) is 0 Å². The Hall–Kier alpha value is -3.49. The summed E-state index contributed by atoms with van der Waals surface area (Å²) in [5, 5.41) is 8.03. The minimum Gasteiger partial charge on any atom is -0.463 e. The van der Waals surface area contributed by atoms with Crippen molar-refractivity contribution >= 4 is 82.5 Å². The van der Waals surface area contributed by atoms with Crippen molar-refractivity contribution in [2.75, 3.05) is 13.2 Å². The van der Waals surface area contributed by atoms with Crippen molar-refractivity contribution in [1.29, 1.82) is 5.41 Å². The highest BCUT2D eigenvalue weighted by Crippen LogP contribution is 2.37. The van der Waals surface area contributed by atoms with Gasteiger partial charge in [-0.25, -0.2) is 0 Å². The molecule has 2 saturated heterocycles. The number of ether oxygens (including phenoxy) is 11. The molecular weight excluding hydrogens is 745 g/mol. The highest BCUT2D eigenvalue weighted by atomic mass is 35.6. The molecule has 22 heteroatoms. The van der Waals surface area contributed by atoms with E-state index in [1.54, 1.807) is 0 Å². The van der Waals surface area contributed by atoms with Gasteiger partial charge in [0.2, 0.25) is 18.3 Å². The summed E-state index contributed by atoms with van der Waals surface area (Å²) >= 11 is 17.3. The van der Waals surface area contributed by atoms with E-state index in [-0.39, 0.29) is 0 Å². The van der Waals surface area contributed by atoms with Gasteiger partial charge in [-0.05, 0) is 0 Å². The molecule has 0 aromatic carbocycles. The van der Waals surface area contributed by atoms with Gasteiger partial charge in [0.05, 0.1) is 0 Å². The number of hydrogen-bond donors (Lipinski definition) is 1. The van der Waals surface area contributed by atoms with Gasteiger partial charge in [-0.1, -0.05) is 34.8 Å². The predicted octanol–water partition coefficient (Wildman–Crippen LogP) is 0.970. The number of carbonyl (C=O) groups is 7. The Morgan fingerprint density at radius 3 is 1.24 bits per heavy atom. The van der Waals surface area contributed by atoms with Crippen molar-refractivity contribution in [3.8, 4) is 0 Å². The van der Waals surface area contributed by atoms with Gasteiger partial charge in [-0.2, -0.15) is 0 Å². The molecule has 19 nitrogen and oxygen atoms in total. The fraction of sp³-hybridized carbons (Fsp3) is 0.714. The lowest BCUT2D eigenvalue weighted by Gasteiger charge is -2.48. The largest absolute Gasteiger partial charge is 0.463 e. The molecule has 2 heterocycles. The number of rotatable bonds is 12. The maximum Gasteiger partial charge on any atom is 0.303 e. The molecule has 1 N–H and O–H groups in total. The molecule has 282 valence electrons. The molecule has 0 aromatic heterocycles. The third-order valence-corrected chi connectivity index (χ3v) is 6.89. The Morgan fingerprint density at radius 1 is 0.500 bits per heavy atom. The van der Waals surface area contributed by atoms with Gasteiger partial charge in [-0.15, -0.1) is 0 Å². The second kappa shape index (κ2) is 18.7. The molecule has 2 aliphatic rings. The summed E-state index contributed by atoms with van der Waals surface area (Å²) < 4.78 is 58.1. The van der Waals surface area contributed by atoms with Crippen LogP contribution in [0.5, 0.6) is 0 Å². The van der Waals surface area contributed by atoms with E-state index in [1.807, 2.05) is 0 Å². The van der Waals surface area contributed by atoms with Gasteiger partial charge < -0.3 is 52.1 Å². The van der Waals surface area contributed by atoms with E-state index >= 15 is 0 Å². The molecule has 2 rings (SSSR count). The number of nitrogens with one attached hydrogen (secondary N) is 1. The van der Waals surface area contributed by atoms with E-state index in [2.05, 4.69) is 0 Å². The first-order valence-electron chi connectivity index (χ1n) is 14.5. The van der Waals surface area contributed by atoms with Gasteiger partial charge >= 0.3 is 41.8 Å². The Balaban J connectivity index is 2.77. The van der Waals surface area contributed by atoms with Crippen LogP contribution < -0.4 is 0 Å². The topological polar surface area (TPSA) is 245 Å². The van der Waals surface area contributed by atoms with Crippen molar-refractivity contribution in [3.05, 3.63) is 0 Å². The van der Waals surface area contributed by atoms with Gasteiger partial charge in [0.15, 0.2) is 30.7 Å². The maximum absolute atomic E-state index is 12.4. The lowest BCUT2D eigenvalue weighted by Crippen LogP contribution is -2.67. The molecular formula is C28H36Cl3NO18. The van der Waals surface area contributed by atoms with Gasteiger partial charge in [0.1, 0.15) is 31.5 Å². The highest BCUT2D eigenvalue weighted by Gasteiger charge is 2.58. The SMILES string of the molecule is CC(=O)OCC1O[C@@H](O[C@@H]2C(COC(C)=O)OC(OC(=N)C(Cl)(Cl)Cl)C(OC(C)=O)[C@@H]2OC(C)=O)C(OC(C)=O)[C@@H](OC(C)=O)[C@@H]1OC(C)=O. The van der Waals surface area contributed by atoms with Crippen molar-refractivity contribution in [2.45, 2.75) is 114 Å². The van der Waals surface area contributed by atoms with E-state index in [4.69, 9.17) is 92.3 Å². The van der Waals surface area contributed by atoms with Crippen molar-refractivity contribution < 1.29 is 85.7 Å². The van der Waals surface area contributed by atoms with Crippen LogP contribution in [0.2, 0.25) is 0 Å². The molecule has 0 bridgehead atoms. The Labute approximate surface area is 300 Å². The summed E-state index contributed by atoms with van der Waals surface area (Å²) in [6, 6.07) is 0. The standard InChI is InChI=1S/C28H36Cl3NO18/c1-10(33)40-8-17-19(42-12(3)35)21(43-13(4)36)23(45-15(6)38)25(47-17)49-20-18(9-41-11(2)34)48-26(50-27(32)28(29,30)31)24(46-16(7)39)22(20)44-14(5)37/h17-26,32H,8-9H2,1-7H3/t17?,18?,19-,20-,21+,22-,23?,24?,25+,26?/m1/s1. The van der Waals surface area contributed by atoms with Crippen LogP contribution in [-0.4, -0.2) is 126 Å². The summed E-state index contributed by atoms with van der Waals surface area (Å²) in [6.45, 7) is 5.79. The highest BCUT2D eigenvalue weighted by molar-refractivity contribution is 6.76.